The van der Waals surface area contributed by atoms with Crippen molar-refractivity contribution < 1.29 is 18.6 Å². The Morgan fingerprint density at radius 1 is 0.905 bits per heavy atom. The van der Waals surface area contributed by atoms with Gasteiger partial charge in [0.15, 0.2) is 9.84 Å². The van der Waals surface area contributed by atoms with Gasteiger partial charge >= 0.3 is 0 Å². The van der Waals surface area contributed by atoms with E-state index in [1.54, 1.807) is 24.3 Å². The molecule has 0 aromatic heterocycles. The van der Waals surface area contributed by atoms with E-state index in [9.17, 15) is 18.6 Å². The van der Waals surface area contributed by atoms with Gasteiger partial charge in [0.1, 0.15) is 0 Å². The number of sulfone groups is 1. The standard InChI is InChI=1S/C37H50O4S/c1-4-37(39)22-21-36(3)28(25-37)15-17-31-32-18-16-27(35(32,2)20-19-33(31)36)23-30(24-34(38)26-11-7-5-8-12-26)42(40,41)29-13-9-6-10-14-29/h5-15,27,30-34,38-39H,4,16-25H2,1-3H3/t27-,30?,31?,32?,33?,34?,35?,36?,37+/m1/s1. The molecule has 228 valence electrons. The van der Waals surface area contributed by atoms with E-state index in [1.165, 1.54) is 18.4 Å². The molecule has 4 aliphatic rings. The van der Waals surface area contributed by atoms with E-state index in [0.717, 1.165) is 50.5 Å². The first-order valence-electron chi connectivity index (χ1n) is 16.4. The molecular formula is C37H50O4S. The summed E-state index contributed by atoms with van der Waals surface area (Å²) in [5.74, 6) is 2.21. The average Bonchev–Trinajstić information content (AvgIpc) is 3.34. The van der Waals surface area contributed by atoms with E-state index >= 15 is 0 Å². The second kappa shape index (κ2) is 11.2. The van der Waals surface area contributed by atoms with Crippen LogP contribution >= 0.6 is 0 Å². The zero-order valence-electron chi connectivity index (χ0n) is 25.7. The fourth-order valence-electron chi connectivity index (χ4n) is 10.0. The zero-order valence-corrected chi connectivity index (χ0v) is 26.5. The number of rotatable bonds is 8. The first kappa shape index (κ1) is 30.1. The maximum absolute atomic E-state index is 14.1. The van der Waals surface area contributed by atoms with Crippen LogP contribution in [0.4, 0.5) is 0 Å². The Morgan fingerprint density at radius 3 is 2.29 bits per heavy atom. The Morgan fingerprint density at radius 2 is 1.60 bits per heavy atom. The highest BCUT2D eigenvalue weighted by molar-refractivity contribution is 7.92. The maximum atomic E-state index is 14.1. The van der Waals surface area contributed by atoms with E-state index in [-0.39, 0.29) is 17.3 Å². The summed E-state index contributed by atoms with van der Waals surface area (Å²) in [5, 5.41) is 21.7. The summed E-state index contributed by atoms with van der Waals surface area (Å²) in [5.41, 5.74) is 2.04. The lowest BCUT2D eigenvalue weighted by molar-refractivity contribution is -0.0717. The van der Waals surface area contributed by atoms with Crippen molar-refractivity contribution >= 4 is 9.84 Å². The number of aliphatic hydroxyl groups excluding tert-OH is 1. The van der Waals surface area contributed by atoms with Crippen molar-refractivity contribution in [3.05, 3.63) is 77.9 Å². The predicted octanol–water partition coefficient (Wildman–Crippen LogP) is 8.06. The fourth-order valence-corrected chi connectivity index (χ4v) is 11.9. The van der Waals surface area contributed by atoms with Crippen LogP contribution in [0.3, 0.4) is 0 Å². The second-order valence-electron chi connectivity index (χ2n) is 14.7. The average molecular weight is 591 g/mol. The highest BCUT2D eigenvalue weighted by Crippen LogP contribution is 2.67. The van der Waals surface area contributed by atoms with Gasteiger partial charge in [-0.2, -0.15) is 0 Å². The largest absolute Gasteiger partial charge is 0.390 e. The molecule has 2 aromatic carbocycles. The molecule has 7 unspecified atom stereocenters. The van der Waals surface area contributed by atoms with E-state index in [1.807, 2.05) is 36.4 Å². The van der Waals surface area contributed by atoms with Gasteiger partial charge in [0.05, 0.1) is 21.9 Å². The van der Waals surface area contributed by atoms with E-state index in [4.69, 9.17) is 0 Å². The summed E-state index contributed by atoms with van der Waals surface area (Å²) in [6.07, 6.45) is 11.8. The van der Waals surface area contributed by atoms with Crippen LogP contribution in [0.1, 0.15) is 103 Å². The third-order valence-electron chi connectivity index (χ3n) is 12.8. The number of hydrogen-bond donors (Lipinski definition) is 2. The summed E-state index contributed by atoms with van der Waals surface area (Å²) < 4.78 is 28.2. The predicted molar refractivity (Wildman–Crippen MR) is 168 cm³/mol. The Labute approximate surface area is 253 Å². The van der Waals surface area contributed by atoms with E-state index in [2.05, 4.69) is 26.8 Å². The molecule has 4 nitrogen and oxygen atoms in total. The quantitative estimate of drug-likeness (QED) is 0.305. The summed E-state index contributed by atoms with van der Waals surface area (Å²) >= 11 is 0. The normalized spacial score (nSPS) is 37.6. The van der Waals surface area contributed by atoms with Gasteiger partial charge in [-0.1, -0.05) is 81.0 Å². The molecule has 4 aliphatic carbocycles. The fraction of sp³-hybridized carbons (Fsp3) is 0.622. The van der Waals surface area contributed by atoms with E-state index < -0.39 is 26.8 Å². The van der Waals surface area contributed by atoms with Crippen LogP contribution in [-0.2, 0) is 9.84 Å². The highest BCUT2D eigenvalue weighted by atomic mass is 32.2. The number of hydrogen-bond acceptors (Lipinski definition) is 4. The molecule has 2 N–H and O–H groups in total. The molecule has 5 heteroatoms. The smallest absolute Gasteiger partial charge is 0.181 e. The molecule has 0 bridgehead atoms. The molecular weight excluding hydrogens is 540 g/mol. The van der Waals surface area contributed by atoms with Crippen molar-refractivity contribution in [2.45, 2.75) is 113 Å². The molecule has 0 aliphatic heterocycles. The number of allylic oxidation sites excluding steroid dienone is 1. The Kier molecular flexibility index (Phi) is 8.02. The molecule has 6 rings (SSSR count). The minimum Gasteiger partial charge on any atom is -0.390 e. The van der Waals surface area contributed by atoms with Crippen LogP contribution < -0.4 is 0 Å². The van der Waals surface area contributed by atoms with Gasteiger partial charge in [-0.3, -0.25) is 0 Å². The minimum atomic E-state index is -3.61. The van der Waals surface area contributed by atoms with Gasteiger partial charge in [0.2, 0.25) is 0 Å². The SMILES string of the molecule is CC[C@]1(O)CCC2(C)C(=CCC3C2CCC2(C)C3CC[C@@H]2CC(CC(O)c2ccccc2)S(=O)(=O)c2ccccc2)C1. The first-order chi connectivity index (χ1) is 20.0. The topological polar surface area (TPSA) is 74.6 Å². The van der Waals surface area contributed by atoms with Crippen LogP contribution in [-0.4, -0.2) is 29.5 Å². The van der Waals surface area contributed by atoms with Gasteiger partial charge in [-0.15, -0.1) is 0 Å². The molecule has 42 heavy (non-hydrogen) atoms. The van der Waals surface area contributed by atoms with Crippen LogP contribution in [0, 0.1) is 34.5 Å². The van der Waals surface area contributed by atoms with Gasteiger partial charge in [-0.25, -0.2) is 8.42 Å². The third kappa shape index (κ3) is 5.12. The van der Waals surface area contributed by atoms with Crippen molar-refractivity contribution in [1.82, 2.24) is 0 Å². The maximum Gasteiger partial charge on any atom is 0.181 e. The van der Waals surface area contributed by atoms with Crippen molar-refractivity contribution in [1.29, 1.82) is 0 Å². The lowest BCUT2D eigenvalue weighted by Gasteiger charge is -2.59. The third-order valence-corrected chi connectivity index (χ3v) is 15.0. The first-order valence-corrected chi connectivity index (χ1v) is 18.0. The molecule has 0 amide bonds. The lowest BCUT2D eigenvalue weighted by atomic mass is 9.46. The molecule has 0 heterocycles. The van der Waals surface area contributed by atoms with Crippen molar-refractivity contribution in [3.63, 3.8) is 0 Å². The Hall–Kier alpha value is -1.95. The van der Waals surface area contributed by atoms with Crippen molar-refractivity contribution in [2.75, 3.05) is 0 Å². The number of fused-ring (bicyclic) bond motifs is 5. The summed E-state index contributed by atoms with van der Waals surface area (Å²) in [7, 11) is -3.61. The van der Waals surface area contributed by atoms with Crippen LogP contribution in [0.2, 0.25) is 0 Å². The van der Waals surface area contributed by atoms with Crippen LogP contribution in [0.15, 0.2) is 77.2 Å². The summed E-state index contributed by atoms with van der Waals surface area (Å²) in [6, 6.07) is 18.4. The zero-order chi connectivity index (χ0) is 29.8. The summed E-state index contributed by atoms with van der Waals surface area (Å²) in [4.78, 5) is 0.362. The Bertz CT molecular complexity index is 1390. The van der Waals surface area contributed by atoms with Gasteiger partial charge < -0.3 is 10.2 Å². The highest BCUT2D eigenvalue weighted by Gasteiger charge is 2.59. The number of benzene rings is 2. The summed E-state index contributed by atoms with van der Waals surface area (Å²) in [6.45, 7) is 7.06. The number of aliphatic hydroxyl groups is 2. The second-order valence-corrected chi connectivity index (χ2v) is 16.9. The molecule has 9 atom stereocenters. The Balaban J connectivity index is 1.26. The van der Waals surface area contributed by atoms with Crippen molar-refractivity contribution in [2.24, 2.45) is 34.5 Å². The molecule has 3 saturated carbocycles. The van der Waals surface area contributed by atoms with Crippen LogP contribution in [0.25, 0.3) is 0 Å². The molecule has 3 fully saturated rings. The lowest BCUT2D eigenvalue weighted by Crippen LogP contribution is -2.52. The molecule has 0 radical (unpaired) electrons. The van der Waals surface area contributed by atoms with Crippen LogP contribution in [0.5, 0.6) is 0 Å². The monoisotopic (exact) mass is 590 g/mol. The molecule has 2 aromatic rings. The minimum absolute atomic E-state index is 0.115. The molecule has 0 spiro atoms. The molecule has 0 saturated heterocycles. The van der Waals surface area contributed by atoms with Gasteiger partial charge in [0, 0.05) is 0 Å². The van der Waals surface area contributed by atoms with Gasteiger partial charge in [0.25, 0.3) is 0 Å². The van der Waals surface area contributed by atoms with Gasteiger partial charge in [-0.05, 0) is 123 Å². The van der Waals surface area contributed by atoms with E-state index in [0.29, 0.717) is 35.0 Å². The van der Waals surface area contributed by atoms with Crippen molar-refractivity contribution in [3.8, 4) is 0 Å².